The molecule has 0 bridgehead atoms. The van der Waals surface area contributed by atoms with Gasteiger partial charge in [0.15, 0.2) is 0 Å². The van der Waals surface area contributed by atoms with Crippen LogP contribution < -0.4 is 10.6 Å². The minimum absolute atomic E-state index is 0.375. The average Bonchev–Trinajstić information content (AvgIpc) is 2.10. The zero-order valence-electron chi connectivity index (χ0n) is 8.39. The van der Waals surface area contributed by atoms with Gasteiger partial charge in [0.05, 0.1) is 12.5 Å². The second-order valence-corrected chi connectivity index (χ2v) is 3.03. The molecule has 0 fully saturated rings. The van der Waals surface area contributed by atoms with Gasteiger partial charge in [-0.2, -0.15) is 18.4 Å². The first-order valence-corrected chi connectivity index (χ1v) is 4.28. The van der Waals surface area contributed by atoms with E-state index in [-0.39, 0.29) is 6.54 Å². The maximum absolute atomic E-state index is 11.9. The fourth-order valence-electron chi connectivity index (χ4n) is 0.888. The Hall–Kier alpha value is -1.78. The summed E-state index contributed by atoms with van der Waals surface area (Å²) in [6.45, 7) is 0.753. The minimum atomic E-state index is -4.41. The van der Waals surface area contributed by atoms with Crippen molar-refractivity contribution in [2.75, 3.05) is 6.54 Å². The lowest BCUT2D eigenvalue weighted by Gasteiger charge is -2.15. The lowest BCUT2D eigenvalue weighted by Crippen LogP contribution is -2.44. The summed E-state index contributed by atoms with van der Waals surface area (Å²) in [6.07, 6.45) is -5.62. The standard InChI is InChI=1S/C8H10F3N3O2/c1-5(4-8(9,10)11)14-7(16)6(15)13-3-2-12/h5H,3-4H2,1H3,(H,13,15)(H,14,16). The molecule has 0 aliphatic heterocycles. The summed E-state index contributed by atoms with van der Waals surface area (Å²) < 4.78 is 35.6. The summed E-state index contributed by atoms with van der Waals surface area (Å²) in [7, 11) is 0. The number of nitriles is 1. The van der Waals surface area contributed by atoms with Crippen molar-refractivity contribution in [2.45, 2.75) is 25.6 Å². The van der Waals surface area contributed by atoms with Crippen molar-refractivity contribution in [3.8, 4) is 6.07 Å². The molecule has 1 unspecified atom stereocenters. The molecule has 16 heavy (non-hydrogen) atoms. The normalized spacial score (nSPS) is 12.4. The summed E-state index contributed by atoms with van der Waals surface area (Å²) in [6, 6.07) is 0.359. The van der Waals surface area contributed by atoms with E-state index in [0.717, 1.165) is 6.92 Å². The highest BCUT2D eigenvalue weighted by Crippen LogP contribution is 2.21. The van der Waals surface area contributed by atoms with Crippen LogP contribution in [0.5, 0.6) is 0 Å². The third-order valence-electron chi connectivity index (χ3n) is 1.45. The third-order valence-corrected chi connectivity index (χ3v) is 1.45. The number of amides is 2. The van der Waals surface area contributed by atoms with Crippen molar-refractivity contribution in [1.82, 2.24) is 10.6 Å². The first kappa shape index (κ1) is 14.2. The number of nitrogens with one attached hydrogen (secondary N) is 2. The second-order valence-electron chi connectivity index (χ2n) is 3.03. The molecule has 2 N–H and O–H groups in total. The SMILES string of the molecule is CC(CC(F)(F)F)NC(=O)C(=O)NCC#N. The molecule has 90 valence electrons. The zero-order valence-corrected chi connectivity index (χ0v) is 8.39. The van der Waals surface area contributed by atoms with Crippen LogP contribution in [0.1, 0.15) is 13.3 Å². The van der Waals surface area contributed by atoms with Gasteiger partial charge in [-0.15, -0.1) is 0 Å². The van der Waals surface area contributed by atoms with Gasteiger partial charge >= 0.3 is 18.0 Å². The van der Waals surface area contributed by atoms with Crippen molar-refractivity contribution < 1.29 is 22.8 Å². The molecule has 0 aromatic rings. The number of rotatable bonds is 3. The average molecular weight is 237 g/mol. The van der Waals surface area contributed by atoms with Gasteiger partial charge < -0.3 is 10.6 Å². The van der Waals surface area contributed by atoms with Crippen LogP contribution in [0, 0.1) is 11.3 Å². The number of halogens is 3. The smallest absolute Gasteiger partial charge is 0.345 e. The van der Waals surface area contributed by atoms with Crippen molar-refractivity contribution in [3.05, 3.63) is 0 Å². The number of alkyl halides is 3. The van der Waals surface area contributed by atoms with Crippen LogP contribution in [-0.2, 0) is 9.59 Å². The summed E-state index contributed by atoms with van der Waals surface area (Å²) in [5.41, 5.74) is 0. The van der Waals surface area contributed by atoms with Crippen molar-refractivity contribution in [2.24, 2.45) is 0 Å². The van der Waals surface area contributed by atoms with Crippen molar-refractivity contribution in [1.29, 1.82) is 5.26 Å². The third kappa shape index (κ3) is 6.64. The Morgan fingerprint density at radius 1 is 1.38 bits per heavy atom. The first-order chi connectivity index (χ1) is 7.26. The summed E-state index contributed by atoms with van der Waals surface area (Å²) in [5, 5.41) is 11.9. The number of carbonyl (C=O) groups excluding carboxylic acids is 2. The lowest BCUT2D eigenvalue weighted by molar-refractivity contribution is -0.146. The second kappa shape index (κ2) is 5.95. The number of carbonyl (C=O) groups is 2. The van der Waals surface area contributed by atoms with Gasteiger partial charge in [0, 0.05) is 6.04 Å². The van der Waals surface area contributed by atoms with E-state index in [1.54, 1.807) is 6.07 Å². The largest absolute Gasteiger partial charge is 0.391 e. The molecule has 8 heteroatoms. The van der Waals surface area contributed by atoms with Crippen LogP contribution in [0.4, 0.5) is 13.2 Å². The van der Waals surface area contributed by atoms with Crippen LogP contribution in [-0.4, -0.2) is 30.6 Å². The lowest BCUT2D eigenvalue weighted by atomic mass is 10.2. The van der Waals surface area contributed by atoms with Gasteiger partial charge in [0.2, 0.25) is 0 Å². The molecule has 1 atom stereocenters. The molecule has 0 saturated heterocycles. The van der Waals surface area contributed by atoms with E-state index in [1.807, 2.05) is 10.6 Å². The Morgan fingerprint density at radius 2 is 1.94 bits per heavy atom. The van der Waals surface area contributed by atoms with E-state index in [2.05, 4.69) is 0 Å². The Balaban J connectivity index is 4.05. The van der Waals surface area contributed by atoms with Crippen LogP contribution in [0.15, 0.2) is 0 Å². The summed E-state index contributed by atoms with van der Waals surface area (Å²) in [5.74, 6) is -2.32. The van der Waals surface area contributed by atoms with Gasteiger partial charge in [-0.25, -0.2) is 0 Å². The highest BCUT2D eigenvalue weighted by Gasteiger charge is 2.31. The highest BCUT2D eigenvalue weighted by molar-refractivity contribution is 6.35. The van der Waals surface area contributed by atoms with E-state index < -0.39 is 30.5 Å². The molecule has 0 heterocycles. The Labute approximate surface area is 89.6 Å². The molecule has 0 spiro atoms. The van der Waals surface area contributed by atoms with Crippen molar-refractivity contribution >= 4 is 11.8 Å². The first-order valence-electron chi connectivity index (χ1n) is 4.28. The molecule has 5 nitrogen and oxygen atoms in total. The highest BCUT2D eigenvalue weighted by atomic mass is 19.4. The van der Waals surface area contributed by atoms with Gasteiger partial charge in [-0.3, -0.25) is 9.59 Å². The van der Waals surface area contributed by atoms with Gasteiger partial charge in [-0.05, 0) is 6.92 Å². The molecular weight excluding hydrogens is 227 g/mol. The Bertz CT molecular complexity index is 309. The quantitative estimate of drug-likeness (QED) is 0.538. The van der Waals surface area contributed by atoms with E-state index in [1.165, 1.54) is 0 Å². The molecule has 0 rings (SSSR count). The maximum Gasteiger partial charge on any atom is 0.391 e. The molecular formula is C8H10F3N3O2. The molecule has 0 saturated carbocycles. The van der Waals surface area contributed by atoms with E-state index >= 15 is 0 Å². The topological polar surface area (TPSA) is 82.0 Å². The fraction of sp³-hybridized carbons (Fsp3) is 0.625. The Morgan fingerprint density at radius 3 is 2.38 bits per heavy atom. The summed E-state index contributed by atoms with van der Waals surface area (Å²) >= 11 is 0. The molecule has 0 aromatic heterocycles. The zero-order chi connectivity index (χ0) is 12.8. The number of nitrogens with zero attached hydrogens (tertiary/aromatic N) is 1. The predicted octanol–water partition coefficient (Wildman–Crippen LogP) is 0.0833. The van der Waals surface area contributed by atoms with Crippen LogP contribution in [0.2, 0.25) is 0 Å². The van der Waals surface area contributed by atoms with E-state index in [4.69, 9.17) is 5.26 Å². The molecule has 0 aliphatic rings. The summed E-state index contributed by atoms with van der Waals surface area (Å²) in [4.78, 5) is 21.8. The van der Waals surface area contributed by atoms with Gasteiger partial charge in [0.1, 0.15) is 6.54 Å². The van der Waals surface area contributed by atoms with Crippen LogP contribution in [0.25, 0.3) is 0 Å². The van der Waals surface area contributed by atoms with E-state index in [9.17, 15) is 22.8 Å². The van der Waals surface area contributed by atoms with Crippen LogP contribution >= 0.6 is 0 Å². The number of hydrogen-bond donors (Lipinski definition) is 2. The van der Waals surface area contributed by atoms with Crippen LogP contribution in [0.3, 0.4) is 0 Å². The maximum atomic E-state index is 11.9. The Kier molecular flexibility index (Phi) is 5.29. The van der Waals surface area contributed by atoms with E-state index in [0.29, 0.717) is 0 Å². The van der Waals surface area contributed by atoms with Gasteiger partial charge in [0.25, 0.3) is 0 Å². The molecule has 0 aliphatic carbocycles. The predicted molar refractivity (Wildman–Crippen MR) is 46.9 cm³/mol. The van der Waals surface area contributed by atoms with Crippen molar-refractivity contribution in [3.63, 3.8) is 0 Å². The monoisotopic (exact) mass is 237 g/mol. The van der Waals surface area contributed by atoms with Gasteiger partial charge in [-0.1, -0.05) is 0 Å². The number of hydrogen-bond acceptors (Lipinski definition) is 3. The molecule has 2 amide bonds. The molecule has 0 radical (unpaired) electrons. The minimum Gasteiger partial charge on any atom is -0.345 e. The fourth-order valence-corrected chi connectivity index (χ4v) is 0.888. The molecule has 0 aromatic carbocycles.